The molecule has 0 radical (unpaired) electrons. The smallest absolute Gasteiger partial charge is 0.0443 e. The third-order valence-electron chi connectivity index (χ3n) is 9.53. The van der Waals surface area contributed by atoms with Crippen molar-refractivity contribution in [2.75, 3.05) is 13.2 Å². The number of unbranched alkanes of at least 4 members (excludes halogenated alkanes) is 26. The molecule has 0 aliphatic heterocycles. The molecule has 0 aliphatic carbocycles. The summed E-state index contributed by atoms with van der Waals surface area (Å²) in [6.07, 6.45) is 44.9. The summed E-state index contributed by atoms with van der Waals surface area (Å²) in [4.78, 5) is 0. The first-order chi connectivity index (χ1) is 19.7. The largest absolute Gasteiger partial charge is 0.396 e. The second-order valence-corrected chi connectivity index (χ2v) is 13.3. The molecule has 0 saturated heterocycles. The average molecular weight is 566 g/mol. The second-order valence-electron chi connectivity index (χ2n) is 13.3. The lowest BCUT2D eigenvalue weighted by atomic mass is 9.83. The van der Waals surface area contributed by atoms with E-state index in [-0.39, 0.29) is 0 Å². The summed E-state index contributed by atoms with van der Waals surface area (Å²) in [6, 6.07) is 0. The van der Waals surface area contributed by atoms with Crippen molar-refractivity contribution in [3.8, 4) is 0 Å². The van der Waals surface area contributed by atoms with E-state index >= 15 is 0 Å². The van der Waals surface area contributed by atoms with Crippen LogP contribution in [0, 0.1) is 0 Å². The first kappa shape index (κ1) is 39.9. The van der Waals surface area contributed by atoms with Gasteiger partial charge < -0.3 is 10.4 Å². The fourth-order valence-electron chi connectivity index (χ4n) is 6.53. The summed E-state index contributed by atoms with van der Waals surface area (Å²) in [6.45, 7) is 8.28. The van der Waals surface area contributed by atoms with Gasteiger partial charge in [-0.05, 0) is 32.2 Å². The number of hydrogen-bond donors (Lipinski definition) is 2. The molecule has 0 unspecified atom stereocenters. The highest BCUT2D eigenvalue weighted by molar-refractivity contribution is 4.86. The Balaban J connectivity index is 3.85. The van der Waals surface area contributed by atoms with Gasteiger partial charge in [-0.3, -0.25) is 0 Å². The standard InChI is InChI=1S/C38H79NO/c1-4-7-9-11-13-15-17-19-21-23-25-27-29-31-34-38(6-3,39-36-33-37-40)35-32-30-28-26-24-22-20-18-16-14-12-10-8-5-2/h39-40H,4-37H2,1-3H3. The lowest BCUT2D eigenvalue weighted by molar-refractivity contribution is 0.232. The van der Waals surface area contributed by atoms with E-state index in [1.54, 1.807) is 0 Å². The van der Waals surface area contributed by atoms with Gasteiger partial charge in [0.25, 0.3) is 0 Å². The predicted octanol–water partition coefficient (Wildman–Crippen LogP) is 12.8. The van der Waals surface area contributed by atoms with Crippen LogP contribution in [0.4, 0.5) is 0 Å². The van der Waals surface area contributed by atoms with E-state index in [2.05, 4.69) is 26.1 Å². The van der Waals surface area contributed by atoms with E-state index in [0.29, 0.717) is 12.1 Å². The van der Waals surface area contributed by atoms with Crippen LogP contribution in [0.25, 0.3) is 0 Å². The maximum absolute atomic E-state index is 9.31. The Morgan fingerprint density at radius 3 is 0.900 bits per heavy atom. The number of hydrogen-bond acceptors (Lipinski definition) is 2. The van der Waals surface area contributed by atoms with Crippen molar-refractivity contribution in [1.82, 2.24) is 5.32 Å². The first-order valence-electron chi connectivity index (χ1n) is 19.1. The molecule has 0 heterocycles. The predicted molar refractivity (Wildman–Crippen MR) is 183 cm³/mol. The summed E-state index contributed by atoms with van der Waals surface area (Å²) in [5.41, 5.74) is 0.309. The van der Waals surface area contributed by atoms with E-state index in [4.69, 9.17) is 0 Å². The molecule has 2 heteroatoms. The topological polar surface area (TPSA) is 32.3 Å². The van der Waals surface area contributed by atoms with Gasteiger partial charge >= 0.3 is 0 Å². The zero-order valence-electron chi connectivity index (χ0n) is 28.5. The zero-order chi connectivity index (χ0) is 29.2. The minimum absolute atomic E-state index is 0.309. The Bertz CT molecular complexity index is 419. The highest BCUT2D eigenvalue weighted by Gasteiger charge is 2.26. The van der Waals surface area contributed by atoms with Crippen LogP contribution in [0.5, 0.6) is 0 Å². The number of aliphatic hydroxyl groups is 1. The first-order valence-corrected chi connectivity index (χ1v) is 19.1. The summed E-state index contributed by atoms with van der Waals surface area (Å²) >= 11 is 0. The van der Waals surface area contributed by atoms with Crippen molar-refractivity contribution in [3.63, 3.8) is 0 Å². The molecule has 0 saturated carbocycles. The average Bonchev–Trinajstić information content (AvgIpc) is 2.97. The number of nitrogens with one attached hydrogen (secondary N) is 1. The van der Waals surface area contributed by atoms with E-state index in [9.17, 15) is 5.11 Å². The Hall–Kier alpha value is -0.0800. The molecular formula is C38H79NO. The maximum atomic E-state index is 9.31. The molecule has 0 rings (SSSR count). The summed E-state index contributed by atoms with van der Waals surface area (Å²) < 4.78 is 0. The van der Waals surface area contributed by atoms with Crippen LogP contribution in [0.1, 0.15) is 226 Å². The molecule has 0 aromatic heterocycles. The fraction of sp³-hybridized carbons (Fsp3) is 1.00. The van der Waals surface area contributed by atoms with E-state index in [1.807, 2.05) is 0 Å². The molecule has 0 atom stereocenters. The van der Waals surface area contributed by atoms with Gasteiger partial charge in [0.2, 0.25) is 0 Å². The molecule has 0 bridgehead atoms. The van der Waals surface area contributed by atoms with Crippen molar-refractivity contribution < 1.29 is 5.11 Å². The normalized spacial score (nSPS) is 12.0. The molecule has 2 N–H and O–H groups in total. The van der Waals surface area contributed by atoms with E-state index in [0.717, 1.165) is 13.0 Å². The van der Waals surface area contributed by atoms with Crippen molar-refractivity contribution in [2.24, 2.45) is 0 Å². The maximum Gasteiger partial charge on any atom is 0.0443 e. The fourth-order valence-corrected chi connectivity index (χ4v) is 6.53. The van der Waals surface area contributed by atoms with Crippen LogP contribution in [0.3, 0.4) is 0 Å². The SMILES string of the molecule is CCCCCCCCCCCCCCCCC(CC)(CCCCCCCCCCCCCCCC)NCCCO. The minimum Gasteiger partial charge on any atom is -0.396 e. The molecule has 0 fully saturated rings. The third kappa shape index (κ3) is 28.1. The highest BCUT2D eigenvalue weighted by atomic mass is 16.3. The summed E-state index contributed by atoms with van der Waals surface area (Å²) in [7, 11) is 0. The summed E-state index contributed by atoms with van der Waals surface area (Å²) in [5, 5.41) is 13.2. The van der Waals surface area contributed by atoms with E-state index < -0.39 is 0 Å². The Labute approximate surface area is 255 Å². The van der Waals surface area contributed by atoms with Crippen molar-refractivity contribution >= 4 is 0 Å². The Morgan fingerprint density at radius 1 is 0.375 bits per heavy atom. The van der Waals surface area contributed by atoms with Gasteiger partial charge in [0.1, 0.15) is 0 Å². The summed E-state index contributed by atoms with van der Waals surface area (Å²) in [5.74, 6) is 0. The van der Waals surface area contributed by atoms with Crippen LogP contribution >= 0.6 is 0 Å². The lowest BCUT2D eigenvalue weighted by Gasteiger charge is -2.35. The van der Waals surface area contributed by atoms with Crippen LogP contribution in [-0.2, 0) is 0 Å². The van der Waals surface area contributed by atoms with E-state index in [1.165, 1.54) is 199 Å². The molecule has 0 aromatic rings. The van der Waals surface area contributed by atoms with Crippen LogP contribution < -0.4 is 5.32 Å². The Kier molecular flexibility index (Phi) is 33.4. The molecule has 0 spiro atoms. The van der Waals surface area contributed by atoms with Gasteiger partial charge in [0, 0.05) is 12.1 Å². The molecule has 0 aromatic carbocycles. The quantitative estimate of drug-likeness (QED) is 0.0749. The van der Waals surface area contributed by atoms with Crippen molar-refractivity contribution in [1.29, 1.82) is 0 Å². The molecule has 0 amide bonds. The third-order valence-corrected chi connectivity index (χ3v) is 9.53. The number of aliphatic hydroxyl groups excluding tert-OH is 1. The van der Waals surface area contributed by atoms with Gasteiger partial charge in [-0.25, -0.2) is 0 Å². The highest BCUT2D eigenvalue weighted by Crippen LogP contribution is 2.27. The second kappa shape index (κ2) is 33.4. The number of rotatable bonds is 35. The van der Waals surface area contributed by atoms with Crippen LogP contribution in [0.15, 0.2) is 0 Å². The Morgan fingerprint density at radius 2 is 0.650 bits per heavy atom. The van der Waals surface area contributed by atoms with Crippen molar-refractivity contribution in [2.45, 2.75) is 232 Å². The van der Waals surface area contributed by atoms with Gasteiger partial charge in [-0.15, -0.1) is 0 Å². The minimum atomic E-state index is 0.309. The molecule has 2 nitrogen and oxygen atoms in total. The molecule has 242 valence electrons. The van der Waals surface area contributed by atoms with Gasteiger partial charge in [-0.1, -0.05) is 201 Å². The van der Waals surface area contributed by atoms with Crippen LogP contribution in [-0.4, -0.2) is 23.8 Å². The monoisotopic (exact) mass is 566 g/mol. The lowest BCUT2D eigenvalue weighted by Crippen LogP contribution is -2.45. The molecular weight excluding hydrogens is 486 g/mol. The van der Waals surface area contributed by atoms with Gasteiger partial charge in [-0.2, -0.15) is 0 Å². The zero-order valence-corrected chi connectivity index (χ0v) is 28.5. The van der Waals surface area contributed by atoms with Crippen LogP contribution in [0.2, 0.25) is 0 Å². The van der Waals surface area contributed by atoms with Crippen molar-refractivity contribution in [3.05, 3.63) is 0 Å². The van der Waals surface area contributed by atoms with Gasteiger partial charge in [0.05, 0.1) is 0 Å². The van der Waals surface area contributed by atoms with Gasteiger partial charge in [0.15, 0.2) is 0 Å². The molecule has 40 heavy (non-hydrogen) atoms. The molecule has 0 aliphatic rings.